The number of hydrogen-bond acceptors (Lipinski definition) is 7. The summed E-state index contributed by atoms with van der Waals surface area (Å²) in [5.74, 6) is 1.55. The van der Waals surface area contributed by atoms with Gasteiger partial charge in [0.2, 0.25) is 5.95 Å². The van der Waals surface area contributed by atoms with E-state index in [1.807, 2.05) is 42.4 Å². The Kier molecular flexibility index (Phi) is 8.99. The van der Waals surface area contributed by atoms with Crippen molar-refractivity contribution >= 4 is 17.7 Å². The Morgan fingerprint density at radius 1 is 1.13 bits per heavy atom. The number of rotatable bonds is 5. The molecule has 1 saturated heterocycles. The summed E-state index contributed by atoms with van der Waals surface area (Å²) in [7, 11) is 0. The van der Waals surface area contributed by atoms with E-state index in [1.165, 1.54) is 0 Å². The van der Waals surface area contributed by atoms with Crippen LogP contribution >= 0.6 is 0 Å². The van der Waals surface area contributed by atoms with E-state index in [0.29, 0.717) is 19.1 Å². The third-order valence-corrected chi connectivity index (χ3v) is 7.39. The second kappa shape index (κ2) is 12.4. The normalized spacial score (nSPS) is 18.5. The topological polar surface area (TPSA) is 119 Å². The number of aryl methyl sites for hydroxylation is 1. The summed E-state index contributed by atoms with van der Waals surface area (Å²) in [4.78, 5) is 32.8. The zero-order valence-electron chi connectivity index (χ0n) is 23.8. The number of nitrogens with one attached hydrogen (secondary N) is 1. The predicted molar refractivity (Wildman–Crippen MR) is 154 cm³/mol. The van der Waals surface area contributed by atoms with Gasteiger partial charge in [0.25, 0.3) is 0 Å². The van der Waals surface area contributed by atoms with Gasteiger partial charge in [-0.05, 0) is 61.9 Å². The molecule has 9 nitrogen and oxygen atoms in total. The maximum Gasteiger partial charge on any atom is 0.321 e. The van der Waals surface area contributed by atoms with Gasteiger partial charge in [-0.3, -0.25) is 9.97 Å². The van der Waals surface area contributed by atoms with Crippen molar-refractivity contribution in [2.75, 3.05) is 24.1 Å². The van der Waals surface area contributed by atoms with E-state index in [9.17, 15) is 4.79 Å². The second-order valence-corrected chi connectivity index (χ2v) is 11.5. The number of carbonyl (C=O) groups excluding carboxylic acids is 1. The van der Waals surface area contributed by atoms with Crippen molar-refractivity contribution < 1.29 is 9.53 Å². The summed E-state index contributed by atoms with van der Waals surface area (Å²) in [6.45, 7) is 12.3. The van der Waals surface area contributed by atoms with Crippen molar-refractivity contribution in [3.8, 4) is 5.75 Å². The number of amides is 2. The molecule has 0 aliphatic carbocycles. The fourth-order valence-corrected chi connectivity index (χ4v) is 4.94. The lowest BCUT2D eigenvalue weighted by molar-refractivity contribution is 0.207. The molecule has 3 aromatic heterocycles. The summed E-state index contributed by atoms with van der Waals surface area (Å²) < 4.78 is 6.17. The molecular weight excluding hydrogens is 490 g/mol. The molecule has 3 N–H and O–H groups in total. The molecule has 9 heteroatoms. The van der Waals surface area contributed by atoms with Gasteiger partial charge in [-0.15, -0.1) is 0 Å². The Morgan fingerprint density at radius 3 is 2.72 bits per heavy atom. The summed E-state index contributed by atoms with van der Waals surface area (Å²) in [6.07, 6.45) is 9.09. The molecule has 0 aromatic carbocycles. The van der Waals surface area contributed by atoms with Gasteiger partial charge in [0.15, 0.2) is 0 Å². The van der Waals surface area contributed by atoms with Crippen LogP contribution in [0.4, 0.5) is 16.4 Å². The van der Waals surface area contributed by atoms with Crippen LogP contribution in [0.25, 0.3) is 0 Å². The van der Waals surface area contributed by atoms with Gasteiger partial charge in [-0.2, -0.15) is 0 Å². The Morgan fingerprint density at radius 2 is 1.95 bits per heavy atom. The van der Waals surface area contributed by atoms with Gasteiger partial charge in [-0.1, -0.05) is 34.1 Å². The van der Waals surface area contributed by atoms with Crippen molar-refractivity contribution in [2.24, 2.45) is 5.92 Å². The van der Waals surface area contributed by atoms with Gasteiger partial charge in [0, 0.05) is 54.4 Å². The van der Waals surface area contributed by atoms with Crippen molar-refractivity contribution in [1.82, 2.24) is 24.8 Å². The van der Waals surface area contributed by atoms with Crippen molar-refractivity contribution in [3.05, 3.63) is 65.5 Å². The van der Waals surface area contributed by atoms with Crippen LogP contribution in [0.2, 0.25) is 0 Å². The molecule has 2 amide bonds. The number of aromatic nitrogens is 4. The number of anilines is 2. The van der Waals surface area contributed by atoms with Gasteiger partial charge in [0.05, 0.1) is 11.4 Å². The van der Waals surface area contributed by atoms with Gasteiger partial charge < -0.3 is 20.7 Å². The Bertz CT molecular complexity index is 1270. The lowest BCUT2D eigenvalue weighted by Gasteiger charge is -2.27. The van der Waals surface area contributed by atoms with Crippen LogP contribution in [0.1, 0.15) is 81.9 Å². The maximum atomic E-state index is 13.4. The number of nitrogens with two attached hydrogens (primary N) is 1. The smallest absolute Gasteiger partial charge is 0.321 e. The molecule has 4 rings (SSSR count). The average Bonchev–Trinajstić information content (AvgIpc) is 2.99. The summed E-state index contributed by atoms with van der Waals surface area (Å²) >= 11 is 0. The van der Waals surface area contributed by atoms with E-state index < -0.39 is 0 Å². The van der Waals surface area contributed by atoms with Crippen LogP contribution in [-0.4, -0.2) is 44.0 Å². The van der Waals surface area contributed by atoms with E-state index in [0.717, 1.165) is 66.3 Å². The highest BCUT2D eigenvalue weighted by Crippen LogP contribution is 2.37. The molecule has 0 saturated carbocycles. The summed E-state index contributed by atoms with van der Waals surface area (Å²) in [6, 6.07) is 7.60. The molecule has 2 unspecified atom stereocenters. The standard InChI is InChI=1S/C30H41N7O2/c1-20-12-16-37(29(38)36-24-17-26(30(3,4)5)34-18-21(24)2)15-7-6-9-23(20)27-25(10-8-13-32-27)39-19-22-11-14-33-28(31)35-22/h8,10-11,13-14,17-18,20,23H,6-7,9,12,15-16,19H2,1-5H3,(H2,31,33,35)(H,34,36,38). The lowest BCUT2D eigenvalue weighted by atomic mass is 9.84. The molecule has 1 fully saturated rings. The number of ether oxygens (including phenoxy) is 1. The minimum atomic E-state index is -0.0910. The van der Waals surface area contributed by atoms with E-state index >= 15 is 0 Å². The monoisotopic (exact) mass is 531 g/mol. The number of pyridine rings is 2. The van der Waals surface area contributed by atoms with Crippen molar-refractivity contribution in [3.63, 3.8) is 0 Å². The number of carbonyl (C=O) groups is 1. The van der Waals surface area contributed by atoms with Crippen LogP contribution in [-0.2, 0) is 12.0 Å². The molecule has 208 valence electrons. The second-order valence-electron chi connectivity index (χ2n) is 11.5. The molecule has 1 aliphatic rings. The number of nitrogen functional groups attached to an aromatic ring is 1. The molecule has 1 aliphatic heterocycles. The van der Waals surface area contributed by atoms with Gasteiger partial charge in [0.1, 0.15) is 12.4 Å². The molecule has 0 spiro atoms. The highest BCUT2D eigenvalue weighted by molar-refractivity contribution is 5.90. The minimum absolute atomic E-state index is 0.0548. The SMILES string of the molecule is Cc1cnc(C(C)(C)C)cc1NC(=O)N1CCCCC(c2ncccc2OCc2ccnc(N)n2)C(C)CC1. The van der Waals surface area contributed by atoms with Crippen LogP contribution in [0.3, 0.4) is 0 Å². The third-order valence-electron chi connectivity index (χ3n) is 7.39. The van der Waals surface area contributed by atoms with Crippen LogP contribution in [0, 0.1) is 12.8 Å². The van der Waals surface area contributed by atoms with E-state index in [1.54, 1.807) is 12.3 Å². The zero-order valence-corrected chi connectivity index (χ0v) is 23.8. The molecule has 0 radical (unpaired) electrons. The fraction of sp³-hybridized carbons (Fsp3) is 0.500. The highest BCUT2D eigenvalue weighted by atomic mass is 16.5. The summed E-state index contributed by atoms with van der Waals surface area (Å²) in [5, 5.41) is 3.16. The molecule has 3 aromatic rings. The largest absolute Gasteiger partial charge is 0.485 e. The first-order valence-corrected chi connectivity index (χ1v) is 13.8. The number of nitrogens with zero attached hydrogens (tertiary/aromatic N) is 5. The fourth-order valence-electron chi connectivity index (χ4n) is 4.94. The van der Waals surface area contributed by atoms with Crippen molar-refractivity contribution in [2.45, 2.75) is 78.2 Å². The predicted octanol–water partition coefficient (Wildman–Crippen LogP) is 5.86. The number of hydrogen-bond donors (Lipinski definition) is 2. The zero-order chi connectivity index (χ0) is 28.0. The highest BCUT2D eigenvalue weighted by Gasteiger charge is 2.27. The first-order valence-electron chi connectivity index (χ1n) is 13.8. The Labute approximate surface area is 231 Å². The van der Waals surface area contributed by atoms with Crippen LogP contribution in [0.5, 0.6) is 5.75 Å². The average molecular weight is 532 g/mol. The molecule has 39 heavy (non-hydrogen) atoms. The molecular formula is C30H41N7O2. The quantitative estimate of drug-likeness (QED) is 0.423. The van der Waals surface area contributed by atoms with E-state index in [4.69, 9.17) is 15.5 Å². The van der Waals surface area contributed by atoms with Crippen molar-refractivity contribution in [1.29, 1.82) is 0 Å². The Hall–Kier alpha value is -3.75. The van der Waals surface area contributed by atoms with E-state index in [-0.39, 0.29) is 23.3 Å². The molecule has 2 atom stereocenters. The lowest BCUT2D eigenvalue weighted by Crippen LogP contribution is -2.37. The maximum absolute atomic E-state index is 13.4. The van der Waals surface area contributed by atoms with Gasteiger partial charge >= 0.3 is 6.03 Å². The third kappa shape index (κ3) is 7.43. The van der Waals surface area contributed by atoms with E-state index in [2.05, 4.69) is 48.0 Å². The molecule has 4 heterocycles. The molecule has 0 bridgehead atoms. The first-order chi connectivity index (χ1) is 18.6. The Balaban J connectivity index is 1.43. The van der Waals surface area contributed by atoms with Crippen LogP contribution < -0.4 is 15.8 Å². The summed E-state index contributed by atoms with van der Waals surface area (Å²) in [5.41, 5.74) is 10.1. The van der Waals surface area contributed by atoms with Crippen LogP contribution in [0.15, 0.2) is 42.9 Å². The van der Waals surface area contributed by atoms with Gasteiger partial charge in [-0.25, -0.2) is 14.8 Å². The first kappa shape index (κ1) is 28.3. The minimum Gasteiger partial charge on any atom is -0.485 e. The number of urea groups is 1.